The number of imide groups is 2. The van der Waals surface area contributed by atoms with Crippen molar-refractivity contribution in [3.63, 3.8) is 0 Å². The van der Waals surface area contributed by atoms with Crippen molar-refractivity contribution in [3.8, 4) is 5.75 Å². The number of phenolic OH excluding ortho intramolecular Hbond substituents is 1. The highest BCUT2D eigenvalue weighted by Crippen LogP contribution is 2.66. The number of halogens is 4. The van der Waals surface area contributed by atoms with Crippen molar-refractivity contribution in [2.45, 2.75) is 28.5 Å². The third kappa shape index (κ3) is 5.25. The lowest BCUT2D eigenvalue weighted by atomic mass is 9.56. The molecule has 0 radical (unpaired) electrons. The number of amides is 4. The fourth-order valence-electron chi connectivity index (χ4n) is 8.33. The number of anilines is 3. The van der Waals surface area contributed by atoms with Crippen LogP contribution < -0.4 is 14.7 Å². The summed E-state index contributed by atoms with van der Waals surface area (Å²) in [5, 5.41) is 18.6. The van der Waals surface area contributed by atoms with E-state index < -0.39 is 74.4 Å². The van der Waals surface area contributed by atoms with Crippen LogP contribution in [0.25, 0.3) is 0 Å². The van der Waals surface area contributed by atoms with Gasteiger partial charge in [-0.1, -0.05) is 17.7 Å². The third-order valence-electron chi connectivity index (χ3n) is 11.0. The van der Waals surface area contributed by atoms with E-state index in [-0.39, 0.29) is 24.1 Å². The lowest BCUT2D eigenvalue weighted by molar-refractivity contribution is -0.125. The summed E-state index contributed by atoms with van der Waals surface area (Å²) in [6.07, 6.45) is 1.52. The van der Waals surface area contributed by atoms with E-state index in [1.54, 1.807) is 30.3 Å². The van der Waals surface area contributed by atoms with Gasteiger partial charge in [0.2, 0.25) is 11.8 Å². The first-order valence-electron chi connectivity index (χ1n) is 17.1. The molecule has 10 nitrogen and oxygen atoms in total. The van der Waals surface area contributed by atoms with Crippen LogP contribution in [0.15, 0.2) is 113 Å². The topological polar surface area (TPSA) is 123 Å². The van der Waals surface area contributed by atoms with Gasteiger partial charge in [0.15, 0.2) is 21.3 Å². The zero-order valence-electron chi connectivity index (χ0n) is 28.8. The van der Waals surface area contributed by atoms with E-state index in [1.165, 1.54) is 18.2 Å². The number of carbonyl (C=O) groups is 4. The van der Waals surface area contributed by atoms with Crippen molar-refractivity contribution >= 4 is 75.3 Å². The summed E-state index contributed by atoms with van der Waals surface area (Å²) in [5.41, 5.74) is 3.06. The molecular formula is C40H31Cl2F2N5O5. The number of hydrogen-bond donors (Lipinski definition) is 1. The molecule has 274 valence electrons. The van der Waals surface area contributed by atoms with Crippen LogP contribution in [0.3, 0.4) is 0 Å². The summed E-state index contributed by atoms with van der Waals surface area (Å²) in [6.45, 7) is 0. The van der Waals surface area contributed by atoms with Gasteiger partial charge in [0.05, 0.1) is 34.6 Å². The molecule has 0 aromatic heterocycles. The Morgan fingerprint density at radius 3 is 1.96 bits per heavy atom. The van der Waals surface area contributed by atoms with Crippen LogP contribution in [0.5, 0.6) is 5.75 Å². The van der Waals surface area contributed by atoms with Crippen LogP contribution in [0, 0.1) is 29.4 Å². The fourth-order valence-corrected chi connectivity index (χ4v) is 9.27. The average molecular weight is 771 g/mol. The third-order valence-corrected chi connectivity index (χ3v) is 12.4. The van der Waals surface area contributed by atoms with Crippen LogP contribution in [0.1, 0.15) is 24.3 Å². The molecular weight excluding hydrogens is 739 g/mol. The maximum atomic E-state index is 15.0. The van der Waals surface area contributed by atoms with Gasteiger partial charge in [-0.05, 0) is 109 Å². The number of allylic oxidation sites excluding steroid dienone is 2. The molecule has 6 atom stereocenters. The molecule has 2 heterocycles. The molecule has 3 fully saturated rings. The van der Waals surface area contributed by atoms with Gasteiger partial charge in [-0.2, -0.15) is 10.2 Å². The number of azo groups is 1. The second-order valence-electron chi connectivity index (χ2n) is 14.1. The van der Waals surface area contributed by atoms with Gasteiger partial charge in [-0.3, -0.25) is 24.1 Å². The van der Waals surface area contributed by atoms with Crippen molar-refractivity contribution in [2.24, 2.45) is 28.0 Å². The summed E-state index contributed by atoms with van der Waals surface area (Å²) < 4.78 is 28.9. The van der Waals surface area contributed by atoms with Crippen molar-refractivity contribution in [1.29, 1.82) is 0 Å². The van der Waals surface area contributed by atoms with E-state index in [2.05, 4.69) is 10.2 Å². The van der Waals surface area contributed by atoms with E-state index >= 15 is 0 Å². The van der Waals surface area contributed by atoms with Gasteiger partial charge in [0, 0.05) is 25.7 Å². The number of phenols is 1. The highest BCUT2D eigenvalue weighted by Gasteiger charge is 2.76. The molecule has 1 saturated carbocycles. The van der Waals surface area contributed by atoms with Crippen molar-refractivity contribution < 1.29 is 33.1 Å². The lowest BCUT2D eigenvalue weighted by Crippen LogP contribution is -2.60. The Labute approximate surface area is 318 Å². The van der Waals surface area contributed by atoms with Crippen LogP contribution in [0.2, 0.25) is 0 Å². The molecule has 0 spiro atoms. The maximum Gasteiger partial charge on any atom is 0.258 e. The summed E-state index contributed by atoms with van der Waals surface area (Å²) in [7, 11) is 3.87. The van der Waals surface area contributed by atoms with Crippen LogP contribution in [-0.4, -0.2) is 52.6 Å². The molecule has 2 aliphatic heterocycles. The molecule has 4 aromatic carbocycles. The van der Waals surface area contributed by atoms with Gasteiger partial charge in [0.25, 0.3) is 11.8 Å². The number of alkyl halides is 2. The Hall–Kier alpha value is -5.46. The number of benzene rings is 4. The van der Waals surface area contributed by atoms with Crippen molar-refractivity contribution in [3.05, 3.63) is 120 Å². The second kappa shape index (κ2) is 12.8. The van der Waals surface area contributed by atoms with E-state index in [0.29, 0.717) is 22.6 Å². The van der Waals surface area contributed by atoms with E-state index in [4.69, 9.17) is 23.2 Å². The Morgan fingerprint density at radius 2 is 1.35 bits per heavy atom. The minimum absolute atomic E-state index is 0.0230. The molecule has 0 bridgehead atoms. The number of aromatic hydroxyl groups is 1. The number of rotatable bonds is 6. The van der Waals surface area contributed by atoms with Crippen LogP contribution in [-0.2, 0) is 19.2 Å². The normalized spacial score (nSPS) is 27.6. The second-order valence-corrected chi connectivity index (χ2v) is 15.3. The molecule has 54 heavy (non-hydrogen) atoms. The van der Waals surface area contributed by atoms with Crippen LogP contribution >= 0.6 is 23.2 Å². The summed E-state index contributed by atoms with van der Waals surface area (Å²) in [6, 6.07) is 22.1. The predicted molar refractivity (Wildman–Crippen MR) is 199 cm³/mol. The zero-order valence-corrected chi connectivity index (χ0v) is 30.3. The van der Waals surface area contributed by atoms with E-state index in [0.717, 1.165) is 39.8 Å². The SMILES string of the molecule is CN(C)c1ccc(N=Nc2ccc(N3C(=O)C4CC=C5C(CC6(Cl)C(=O)N(c7ccc(F)cc7)C(=O)C6(Cl)C5c5ccc(O)c(F)c5)C4C3=O)cc2)cc1. The Bertz CT molecular complexity index is 2300. The fraction of sp³-hybridized carbons (Fsp3) is 0.250. The monoisotopic (exact) mass is 769 g/mol. The zero-order chi connectivity index (χ0) is 38.3. The Morgan fingerprint density at radius 1 is 0.759 bits per heavy atom. The average Bonchev–Trinajstić information content (AvgIpc) is 3.50. The van der Waals surface area contributed by atoms with E-state index in [1.807, 2.05) is 43.3 Å². The van der Waals surface area contributed by atoms with Crippen molar-refractivity contribution in [1.82, 2.24) is 0 Å². The highest BCUT2D eigenvalue weighted by molar-refractivity contribution is 6.58. The summed E-state index contributed by atoms with van der Waals surface area (Å²) in [4.78, 5) is 56.7. The van der Waals surface area contributed by atoms with Gasteiger partial charge >= 0.3 is 0 Å². The number of nitrogens with zero attached hydrogens (tertiary/aromatic N) is 5. The minimum atomic E-state index is -2.23. The first-order chi connectivity index (χ1) is 25.7. The lowest BCUT2D eigenvalue weighted by Gasteiger charge is -2.50. The summed E-state index contributed by atoms with van der Waals surface area (Å²) >= 11 is 14.6. The molecule has 4 aromatic rings. The molecule has 4 amide bonds. The largest absolute Gasteiger partial charge is 0.505 e. The number of fused-ring (bicyclic) bond motifs is 4. The predicted octanol–water partition coefficient (Wildman–Crippen LogP) is 7.92. The maximum absolute atomic E-state index is 15.0. The first kappa shape index (κ1) is 35.6. The summed E-state index contributed by atoms with van der Waals surface area (Å²) in [5.74, 6) is -8.97. The highest BCUT2D eigenvalue weighted by atomic mass is 35.5. The molecule has 8 rings (SSSR count). The van der Waals surface area contributed by atoms with Gasteiger partial charge in [-0.25, -0.2) is 13.7 Å². The first-order valence-corrected chi connectivity index (χ1v) is 17.9. The standard InChI is InChI=1S/C40H31Cl2F2N5O5/c1-47(2)25-12-6-23(7-13-25)45-46-24-8-14-26(15-9-24)48-35(51)29-17-16-28-30(33(29)36(48)52)20-39(41)37(53)49(27-10-4-22(43)5-11-27)38(54)40(39,42)34(28)21-3-18-32(50)31(44)19-21/h3-16,18-19,29-30,33-34,50H,17,20H2,1-2H3. The Kier molecular flexibility index (Phi) is 8.46. The number of hydrogen-bond acceptors (Lipinski definition) is 8. The number of carbonyl (C=O) groups excluding carboxylic acids is 4. The minimum Gasteiger partial charge on any atom is -0.505 e. The molecule has 2 saturated heterocycles. The Balaban J connectivity index is 1.15. The molecule has 6 unspecified atom stereocenters. The van der Waals surface area contributed by atoms with Gasteiger partial charge < -0.3 is 10.0 Å². The molecule has 2 aliphatic carbocycles. The molecule has 1 N–H and O–H groups in total. The van der Waals surface area contributed by atoms with Gasteiger partial charge in [0.1, 0.15) is 5.82 Å². The quantitative estimate of drug-likeness (QED) is 0.0921. The van der Waals surface area contributed by atoms with Gasteiger partial charge in [-0.15, -0.1) is 23.2 Å². The molecule has 4 aliphatic rings. The van der Waals surface area contributed by atoms with E-state index in [9.17, 15) is 33.1 Å². The van der Waals surface area contributed by atoms with Crippen LogP contribution in [0.4, 0.5) is 37.2 Å². The van der Waals surface area contributed by atoms with Crippen molar-refractivity contribution in [2.75, 3.05) is 28.8 Å². The molecule has 14 heteroatoms. The smallest absolute Gasteiger partial charge is 0.258 e.